The molecule has 0 atom stereocenters. The molecule has 0 amide bonds. The zero-order valence-corrected chi connectivity index (χ0v) is 11.2. The highest BCUT2D eigenvalue weighted by Gasteiger charge is 2.28. The number of aromatic amines is 1. The van der Waals surface area contributed by atoms with Crippen molar-refractivity contribution in [1.29, 1.82) is 0 Å². The number of hydrogen-bond acceptors (Lipinski definition) is 5. The van der Waals surface area contributed by atoms with E-state index in [1.165, 1.54) is 0 Å². The van der Waals surface area contributed by atoms with Gasteiger partial charge in [-0.1, -0.05) is 0 Å². The van der Waals surface area contributed by atoms with Crippen molar-refractivity contribution in [3.8, 4) is 11.1 Å². The second kappa shape index (κ2) is 5.40. The lowest BCUT2D eigenvalue weighted by atomic mass is 9.94. The number of pyridine rings is 1. The Bertz CT molecular complexity index is 907. The molecule has 0 aliphatic heterocycles. The van der Waals surface area contributed by atoms with Gasteiger partial charge in [0.25, 0.3) is 5.56 Å². The van der Waals surface area contributed by atoms with Crippen LogP contribution < -0.4 is 17.0 Å². The first-order chi connectivity index (χ1) is 10.7. The van der Waals surface area contributed by atoms with Crippen LogP contribution in [0.3, 0.4) is 0 Å². The SMILES string of the molecule is Nc1[nH]c(=O)c(C(=O)O)c(-c2ccc(F)c(F)c2N)c1C(=O)O. The van der Waals surface area contributed by atoms with Gasteiger partial charge >= 0.3 is 11.9 Å². The van der Waals surface area contributed by atoms with E-state index in [9.17, 15) is 28.3 Å². The first kappa shape index (κ1) is 15.9. The van der Waals surface area contributed by atoms with Gasteiger partial charge in [-0.2, -0.15) is 0 Å². The Labute approximate surface area is 126 Å². The topological polar surface area (TPSA) is 160 Å². The lowest BCUT2D eigenvalue weighted by Crippen LogP contribution is -2.24. The number of rotatable bonds is 3. The Morgan fingerprint density at radius 3 is 2.13 bits per heavy atom. The second-order valence-corrected chi connectivity index (χ2v) is 4.43. The molecular weight excluding hydrogens is 316 g/mol. The minimum Gasteiger partial charge on any atom is -0.478 e. The van der Waals surface area contributed by atoms with Gasteiger partial charge < -0.3 is 26.7 Å². The maximum atomic E-state index is 13.6. The van der Waals surface area contributed by atoms with Crippen molar-refractivity contribution in [2.24, 2.45) is 0 Å². The van der Waals surface area contributed by atoms with Gasteiger partial charge in [0.1, 0.15) is 16.9 Å². The number of carboxylic acid groups (broad SMARTS) is 2. The van der Waals surface area contributed by atoms with E-state index in [-0.39, 0.29) is 0 Å². The number of halogens is 2. The van der Waals surface area contributed by atoms with Crippen molar-refractivity contribution < 1.29 is 28.6 Å². The highest BCUT2D eigenvalue weighted by molar-refractivity contribution is 6.08. The summed E-state index contributed by atoms with van der Waals surface area (Å²) in [6.07, 6.45) is 0. The molecular formula is C13H9F2N3O5. The van der Waals surface area contributed by atoms with E-state index in [4.69, 9.17) is 16.6 Å². The van der Waals surface area contributed by atoms with E-state index >= 15 is 0 Å². The summed E-state index contributed by atoms with van der Waals surface area (Å²) < 4.78 is 26.8. The maximum Gasteiger partial charge on any atom is 0.342 e. The molecule has 0 aliphatic rings. The van der Waals surface area contributed by atoms with Gasteiger partial charge in [0.05, 0.1) is 5.69 Å². The summed E-state index contributed by atoms with van der Waals surface area (Å²) in [4.78, 5) is 36.3. The molecule has 0 saturated carbocycles. The van der Waals surface area contributed by atoms with Crippen LogP contribution in [0.2, 0.25) is 0 Å². The van der Waals surface area contributed by atoms with E-state index in [0.29, 0.717) is 6.07 Å². The molecule has 10 heteroatoms. The van der Waals surface area contributed by atoms with Crippen molar-refractivity contribution >= 4 is 23.4 Å². The van der Waals surface area contributed by atoms with Crippen molar-refractivity contribution in [1.82, 2.24) is 4.98 Å². The minimum atomic E-state index is -1.78. The summed E-state index contributed by atoms with van der Waals surface area (Å²) >= 11 is 0. The number of hydrogen-bond donors (Lipinski definition) is 5. The van der Waals surface area contributed by atoms with Gasteiger partial charge in [0.15, 0.2) is 11.6 Å². The van der Waals surface area contributed by atoms with Crippen molar-refractivity contribution in [2.45, 2.75) is 0 Å². The number of carbonyl (C=O) groups is 2. The van der Waals surface area contributed by atoms with Gasteiger partial charge in [-0.25, -0.2) is 18.4 Å². The largest absolute Gasteiger partial charge is 0.478 e. The lowest BCUT2D eigenvalue weighted by Gasteiger charge is -2.14. The number of carboxylic acids is 2. The van der Waals surface area contributed by atoms with Crippen LogP contribution in [-0.4, -0.2) is 27.1 Å². The highest BCUT2D eigenvalue weighted by atomic mass is 19.2. The lowest BCUT2D eigenvalue weighted by molar-refractivity contribution is 0.0695. The van der Waals surface area contributed by atoms with Crippen LogP contribution in [0.4, 0.5) is 20.3 Å². The molecule has 0 fully saturated rings. The van der Waals surface area contributed by atoms with Gasteiger partial charge in [0, 0.05) is 11.1 Å². The molecule has 8 nitrogen and oxygen atoms in total. The Kier molecular flexibility index (Phi) is 3.75. The van der Waals surface area contributed by atoms with E-state index in [1.807, 2.05) is 4.98 Å². The summed E-state index contributed by atoms with van der Waals surface area (Å²) in [7, 11) is 0. The molecule has 1 aromatic heterocycles. The fraction of sp³-hybridized carbons (Fsp3) is 0. The predicted octanol–water partition coefficient (Wildman–Crippen LogP) is 0.881. The number of benzene rings is 1. The third kappa shape index (κ3) is 2.46. The molecule has 2 aromatic rings. The molecule has 0 bridgehead atoms. The number of aromatic carboxylic acids is 2. The molecule has 0 saturated heterocycles. The van der Waals surface area contributed by atoms with Gasteiger partial charge in [0.2, 0.25) is 0 Å². The second-order valence-electron chi connectivity index (χ2n) is 4.43. The maximum absolute atomic E-state index is 13.6. The molecule has 120 valence electrons. The molecule has 1 heterocycles. The molecule has 1 aromatic carbocycles. The summed E-state index contributed by atoms with van der Waals surface area (Å²) in [5, 5.41) is 18.4. The van der Waals surface area contributed by atoms with E-state index < -0.39 is 62.9 Å². The standard InChI is InChI=1S/C13H9F2N3O5/c14-4-2-1-3(9(16)8(4)15)5-6(12(20)21)10(17)18-11(19)7(5)13(22)23/h1-2H,16H2,(H,20,21)(H,22,23)(H3,17,18,19). The third-order valence-corrected chi connectivity index (χ3v) is 3.07. The highest BCUT2D eigenvalue weighted by Crippen LogP contribution is 2.35. The van der Waals surface area contributed by atoms with Gasteiger partial charge in [-0.05, 0) is 12.1 Å². The summed E-state index contributed by atoms with van der Waals surface area (Å²) in [6.45, 7) is 0. The van der Waals surface area contributed by atoms with Crippen molar-refractivity contribution in [3.05, 3.63) is 45.2 Å². The Hall–Kier alpha value is -3.43. The normalized spacial score (nSPS) is 10.5. The number of nitrogens with one attached hydrogen (secondary N) is 1. The zero-order valence-electron chi connectivity index (χ0n) is 11.2. The monoisotopic (exact) mass is 325 g/mol. The Morgan fingerprint density at radius 1 is 1.04 bits per heavy atom. The van der Waals surface area contributed by atoms with E-state index in [1.54, 1.807) is 0 Å². The number of aromatic nitrogens is 1. The summed E-state index contributed by atoms with van der Waals surface area (Å²) in [5.41, 5.74) is 5.77. The molecule has 0 radical (unpaired) electrons. The van der Waals surface area contributed by atoms with Crippen LogP contribution in [0.25, 0.3) is 11.1 Å². The molecule has 0 unspecified atom stereocenters. The zero-order chi connectivity index (χ0) is 17.5. The fourth-order valence-corrected chi connectivity index (χ4v) is 2.10. The quantitative estimate of drug-likeness (QED) is 0.523. The number of anilines is 2. The average molecular weight is 325 g/mol. The van der Waals surface area contributed by atoms with Gasteiger partial charge in [-0.15, -0.1) is 0 Å². The number of nitrogens with two attached hydrogens (primary N) is 2. The van der Waals surface area contributed by atoms with Crippen LogP contribution in [0.1, 0.15) is 20.7 Å². The molecule has 2 rings (SSSR count). The first-order valence-electron chi connectivity index (χ1n) is 5.93. The predicted molar refractivity (Wildman–Crippen MR) is 75.2 cm³/mol. The van der Waals surface area contributed by atoms with Crippen molar-refractivity contribution in [3.63, 3.8) is 0 Å². The Balaban J connectivity index is 3.07. The van der Waals surface area contributed by atoms with Crippen LogP contribution in [0.5, 0.6) is 0 Å². The van der Waals surface area contributed by atoms with Crippen LogP contribution in [0.15, 0.2) is 16.9 Å². The smallest absolute Gasteiger partial charge is 0.342 e. The van der Waals surface area contributed by atoms with Crippen LogP contribution in [-0.2, 0) is 0 Å². The molecule has 23 heavy (non-hydrogen) atoms. The molecule has 0 aliphatic carbocycles. The van der Waals surface area contributed by atoms with Crippen LogP contribution in [0, 0.1) is 11.6 Å². The number of nitrogen functional groups attached to an aromatic ring is 2. The molecule has 0 spiro atoms. The van der Waals surface area contributed by atoms with E-state index in [2.05, 4.69) is 0 Å². The first-order valence-corrected chi connectivity index (χ1v) is 5.93. The van der Waals surface area contributed by atoms with Crippen LogP contribution >= 0.6 is 0 Å². The molecule has 7 N–H and O–H groups in total. The fourth-order valence-electron chi connectivity index (χ4n) is 2.10. The third-order valence-electron chi connectivity index (χ3n) is 3.07. The number of H-pyrrole nitrogens is 1. The summed E-state index contributed by atoms with van der Waals surface area (Å²) in [5.74, 6) is -6.94. The minimum absolute atomic E-state index is 0.475. The van der Waals surface area contributed by atoms with Crippen molar-refractivity contribution in [2.75, 3.05) is 11.5 Å². The van der Waals surface area contributed by atoms with Gasteiger partial charge in [-0.3, -0.25) is 4.79 Å². The summed E-state index contributed by atoms with van der Waals surface area (Å²) in [6, 6.07) is 1.48. The average Bonchev–Trinajstić information content (AvgIpc) is 2.43. The Morgan fingerprint density at radius 2 is 1.61 bits per heavy atom. The van der Waals surface area contributed by atoms with E-state index in [0.717, 1.165) is 6.07 Å².